The van der Waals surface area contributed by atoms with Crippen molar-refractivity contribution in [2.45, 2.75) is 25.2 Å². The summed E-state index contributed by atoms with van der Waals surface area (Å²) in [7, 11) is 0. The maximum atomic E-state index is 14.0. The van der Waals surface area contributed by atoms with Gasteiger partial charge in [0.15, 0.2) is 11.5 Å². The van der Waals surface area contributed by atoms with Crippen molar-refractivity contribution < 1.29 is 4.39 Å². The second kappa shape index (κ2) is 7.94. The van der Waals surface area contributed by atoms with Gasteiger partial charge in [0, 0.05) is 38.6 Å². The van der Waals surface area contributed by atoms with Crippen LogP contribution in [0.5, 0.6) is 0 Å². The van der Waals surface area contributed by atoms with Crippen molar-refractivity contribution >= 4 is 17.2 Å². The van der Waals surface area contributed by atoms with Crippen molar-refractivity contribution in [1.29, 1.82) is 0 Å². The van der Waals surface area contributed by atoms with Crippen LogP contribution in [0.2, 0.25) is 0 Å². The fraction of sp³-hybridized carbons (Fsp3) is 0.476. The Hall–Kier alpha value is -2.74. The summed E-state index contributed by atoms with van der Waals surface area (Å²) in [6.07, 6.45) is 3.41. The number of aromatic nitrogens is 4. The van der Waals surface area contributed by atoms with Crippen LogP contribution in [0.25, 0.3) is 5.65 Å². The molecule has 8 heteroatoms. The van der Waals surface area contributed by atoms with E-state index >= 15 is 0 Å². The minimum Gasteiger partial charge on any atom is -0.369 e. The van der Waals surface area contributed by atoms with Crippen LogP contribution in [0.4, 0.5) is 15.9 Å². The van der Waals surface area contributed by atoms with Gasteiger partial charge in [-0.15, -0.1) is 15.3 Å². The zero-order chi connectivity index (χ0) is 19.6. The predicted octanol–water partition coefficient (Wildman–Crippen LogP) is 2.77. The second-order valence-electron chi connectivity index (χ2n) is 7.88. The van der Waals surface area contributed by atoms with E-state index in [-0.39, 0.29) is 5.82 Å². The van der Waals surface area contributed by atoms with Crippen molar-refractivity contribution in [2.75, 3.05) is 49.5 Å². The molecule has 3 heterocycles. The van der Waals surface area contributed by atoms with Gasteiger partial charge in [-0.3, -0.25) is 4.90 Å². The molecule has 0 amide bonds. The molecule has 0 radical (unpaired) electrons. The average Bonchev–Trinajstić information content (AvgIpc) is 3.51. The quantitative estimate of drug-likeness (QED) is 0.621. The van der Waals surface area contributed by atoms with Gasteiger partial charge in [-0.2, -0.15) is 4.52 Å². The Bertz CT molecular complexity index is 976. The Morgan fingerprint density at radius 1 is 1.00 bits per heavy atom. The third-order valence-electron chi connectivity index (χ3n) is 5.75. The van der Waals surface area contributed by atoms with E-state index in [4.69, 9.17) is 0 Å². The highest BCUT2D eigenvalue weighted by atomic mass is 19.1. The average molecular weight is 395 g/mol. The summed E-state index contributed by atoms with van der Waals surface area (Å²) < 4.78 is 15.8. The molecule has 2 fully saturated rings. The lowest BCUT2D eigenvalue weighted by molar-refractivity contribution is 0.256. The van der Waals surface area contributed by atoms with Crippen molar-refractivity contribution in [3.8, 4) is 0 Å². The zero-order valence-electron chi connectivity index (χ0n) is 16.5. The first-order chi connectivity index (χ1) is 14.3. The van der Waals surface area contributed by atoms with Crippen LogP contribution in [0, 0.1) is 5.82 Å². The summed E-state index contributed by atoms with van der Waals surface area (Å²) in [5.74, 6) is 2.24. The molecule has 1 aromatic carbocycles. The van der Waals surface area contributed by atoms with E-state index in [0.29, 0.717) is 5.92 Å². The lowest BCUT2D eigenvalue weighted by Gasteiger charge is -2.36. The molecule has 2 aliphatic rings. The van der Waals surface area contributed by atoms with Crippen LogP contribution in [0.1, 0.15) is 31.0 Å². The Morgan fingerprint density at radius 3 is 2.62 bits per heavy atom. The van der Waals surface area contributed by atoms with Gasteiger partial charge in [0.05, 0.1) is 5.69 Å². The van der Waals surface area contributed by atoms with E-state index in [9.17, 15) is 4.39 Å². The molecule has 3 aromatic rings. The molecule has 29 heavy (non-hydrogen) atoms. The predicted molar refractivity (Wildman–Crippen MR) is 111 cm³/mol. The molecule has 1 aliphatic heterocycles. The largest absolute Gasteiger partial charge is 0.369 e. The Morgan fingerprint density at radius 2 is 1.83 bits per heavy atom. The summed E-state index contributed by atoms with van der Waals surface area (Å²) in [5.41, 5.74) is 1.53. The molecule has 1 saturated heterocycles. The van der Waals surface area contributed by atoms with E-state index in [1.165, 1.54) is 18.9 Å². The molecule has 152 valence electrons. The Labute approximate surface area is 169 Å². The van der Waals surface area contributed by atoms with Crippen LogP contribution in [0.3, 0.4) is 0 Å². The smallest absolute Gasteiger partial charge is 0.178 e. The normalized spacial score (nSPS) is 17.8. The standard InChI is InChI=1S/C21H26FN7/c22-17-4-1-2-5-18(17)28-14-12-27(13-15-28)11-3-10-23-19-8-9-20-24-25-21(16-6-7-16)29(20)26-19/h1-2,4-5,8-9,16H,3,6-7,10-15H2,(H,23,26). The number of piperazine rings is 1. The van der Waals surface area contributed by atoms with Crippen molar-refractivity contribution in [3.63, 3.8) is 0 Å². The van der Waals surface area contributed by atoms with Crippen LogP contribution in [0.15, 0.2) is 36.4 Å². The Balaban J connectivity index is 1.08. The third kappa shape index (κ3) is 4.03. The van der Waals surface area contributed by atoms with Gasteiger partial charge in [-0.05, 0) is 50.1 Å². The molecular weight excluding hydrogens is 369 g/mol. The van der Waals surface area contributed by atoms with Crippen LogP contribution >= 0.6 is 0 Å². The van der Waals surface area contributed by atoms with Gasteiger partial charge in [0.2, 0.25) is 0 Å². The number of hydrogen-bond donors (Lipinski definition) is 1. The topological polar surface area (TPSA) is 61.6 Å². The van der Waals surface area contributed by atoms with Gasteiger partial charge in [0.1, 0.15) is 11.6 Å². The molecule has 0 spiro atoms. The summed E-state index contributed by atoms with van der Waals surface area (Å²) >= 11 is 0. The monoisotopic (exact) mass is 395 g/mol. The van der Waals surface area contributed by atoms with Crippen molar-refractivity contribution in [2.24, 2.45) is 0 Å². The van der Waals surface area contributed by atoms with Crippen molar-refractivity contribution in [3.05, 3.63) is 48.0 Å². The highest BCUT2D eigenvalue weighted by Gasteiger charge is 2.29. The Kier molecular flexibility index (Phi) is 5.01. The number of halogens is 1. The summed E-state index contributed by atoms with van der Waals surface area (Å²) in [4.78, 5) is 4.58. The number of anilines is 2. The lowest BCUT2D eigenvalue weighted by atomic mass is 10.2. The molecule has 1 N–H and O–H groups in total. The lowest BCUT2D eigenvalue weighted by Crippen LogP contribution is -2.47. The van der Waals surface area contributed by atoms with Gasteiger partial charge in [0.25, 0.3) is 0 Å². The molecule has 0 unspecified atom stereocenters. The molecule has 0 atom stereocenters. The highest BCUT2D eigenvalue weighted by Crippen LogP contribution is 2.38. The third-order valence-corrected chi connectivity index (χ3v) is 5.75. The maximum absolute atomic E-state index is 14.0. The van der Waals surface area contributed by atoms with Crippen molar-refractivity contribution in [1.82, 2.24) is 24.7 Å². The van der Waals surface area contributed by atoms with Gasteiger partial charge in [-0.25, -0.2) is 4.39 Å². The number of nitrogens with one attached hydrogen (secondary N) is 1. The van der Waals surface area contributed by atoms with Crippen LogP contribution in [-0.4, -0.2) is 64.0 Å². The first kappa shape index (κ1) is 18.3. The van der Waals surface area contributed by atoms with Gasteiger partial charge in [-0.1, -0.05) is 12.1 Å². The number of fused-ring (bicyclic) bond motifs is 1. The molecule has 7 nitrogen and oxygen atoms in total. The summed E-state index contributed by atoms with van der Waals surface area (Å²) in [5, 5.41) is 16.6. The van der Waals surface area contributed by atoms with E-state index in [0.717, 1.165) is 68.7 Å². The van der Waals surface area contributed by atoms with Crippen LogP contribution in [-0.2, 0) is 0 Å². The maximum Gasteiger partial charge on any atom is 0.178 e. The molecule has 2 aromatic heterocycles. The molecular formula is C21H26FN7. The zero-order valence-corrected chi connectivity index (χ0v) is 16.5. The number of benzene rings is 1. The van der Waals surface area contributed by atoms with E-state index in [1.54, 1.807) is 6.07 Å². The minimum atomic E-state index is -0.132. The van der Waals surface area contributed by atoms with Gasteiger partial charge < -0.3 is 10.2 Å². The minimum absolute atomic E-state index is 0.132. The first-order valence-corrected chi connectivity index (χ1v) is 10.5. The molecule has 1 aliphatic carbocycles. The summed E-state index contributed by atoms with van der Waals surface area (Å²) in [6.45, 7) is 5.55. The van der Waals surface area contributed by atoms with E-state index < -0.39 is 0 Å². The number of para-hydroxylation sites is 1. The highest BCUT2D eigenvalue weighted by molar-refractivity contribution is 5.48. The fourth-order valence-electron chi connectivity index (χ4n) is 3.94. The molecule has 0 bridgehead atoms. The summed E-state index contributed by atoms with van der Waals surface area (Å²) in [6, 6.07) is 11.0. The van der Waals surface area contributed by atoms with E-state index in [1.807, 2.05) is 28.8 Å². The fourth-order valence-corrected chi connectivity index (χ4v) is 3.94. The number of hydrogen-bond acceptors (Lipinski definition) is 6. The van der Waals surface area contributed by atoms with Gasteiger partial charge >= 0.3 is 0 Å². The molecule has 5 rings (SSSR count). The number of nitrogens with zero attached hydrogens (tertiary/aromatic N) is 6. The SMILES string of the molecule is Fc1ccccc1N1CCN(CCCNc2ccc3nnc(C4CC4)n3n2)CC1. The molecule has 1 saturated carbocycles. The second-order valence-corrected chi connectivity index (χ2v) is 7.88. The van der Waals surface area contributed by atoms with E-state index in [2.05, 4.69) is 30.4 Å². The first-order valence-electron chi connectivity index (χ1n) is 10.5. The number of rotatable bonds is 7. The van der Waals surface area contributed by atoms with Crippen LogP contribution < -0.4 is 10.2 Å².